The van der Waals surface area contributed by atoms with E-state index in [9.17, 15) is 18.8 Å². The van der Waals surface area contributed by atoms with Gasteiger partial charge in [-0.05, 0) is 63.8 Å². The summed E-state index contributed by atoms with van der Waals surface area (Å²) in [6.07, 6.45) is 6.23. The van der Waals surface area contributed by atoms with E-state index in [4.69, 9.17) is 9.90 Å². The van der Waals surface area contributed by atoms with Crippen LogP contribution in [0, 0.1) is 11.7 Å². The number of nitrogens with one attached hydrogen (secondary N) is 4. The number of nitrogens with zero attached hydrogens (tertiary/aromatic N) is 1. The number of benzene rings is 1. The van der Waals surface area contributed by atoms with Crippen molar-refractivity contribution in [2.75, 3.05) is 19.0 Å². The zero-order valence-electron chi connectivity index (χ0n) is 20.3. The Balaban J connectivity index is 0.00000137. The average molecular weight is 494 g/mol. The predicted octanol–water partition coefficient (Wildman–Crippen LogP) is 1.63. The van der Waals surface area contributed by atoms with Crippen LogP contribution in [0.1, 0.15) is 51.9 Å². The third kappa shape index (κ3) is 8.20. The van der Waals surface area contributed by atoms with Crippen LogP contribution in [0.25, 0.3) is 0 Å². The fourth-order valence-corrected chi connectivity index (χ4v) is 4.52. The Bertz CT molecular complexity index is 864. The van der Waals surface area contributed by atoms with Crippen molar-refractivity contribution in [3.05, 3.63) is 30.1 Å². The number of carbonyl (C=O) groups is 4. The minimum atomic E-state index is -0.636. The van der Waals surface area contributed by atoms with Gasteiger partial charge in [-0.2, -0.15) is 0 Å². The standard InChI is InChI=1S/C23H34FN5O3.CH2O2/c1-15(25-2)21(30)26-20(16-8-4-3-5-9-16)23(32)29-13-7-12-19(29)22(31)28-27-18-11-6-10-17(24)14-18;2-1-3/h6,10-11,14-16,19-20,25,27H,3-5,7-9,12-13H2,1-2H3,(H,26,30)(H,28,31);1H,(H,2,3)/t15-,19-,20+;/m0./s1. The van der Waals surface area contributed by atoms with Gasteiger partial charge >= 0.3 is 0 Å². The van der Waals surface area contributed by atoms with Gasteiger partial charge in [0.2, 0.25) is 11.8 Å². The number of hydrogen-bond donors (Lipinski definition) is 5. The highest BCUT2D eigenvalue weighted by Crippen LogP contribution is 2.29. The molecule has 11 heteroatoms. The van der Waals surface area contributed by atoms with Gasteiger partial charge in [0.25, 0.3) is 12.4 Å². The van der Waals surface area contributed by atoms with Gasteiger partial charge in [0.05, 0.1) is 11.7 Å². The lowest BCUT2D eigenvalue weighted by Crippen LogP contribution is -2.58. The Morgan fingerprint density at radius 2 is 1.83 bits per heavy atom. The summed E-state index contributed by atoms with van der Waals surface area (Å²) in [5.74, 6) is -1.11. The smallest absolute Gasteiger partial charge is 0.290 e. The third-order valence-electron chi connectivity index (χ3n) is 6.50. The SMILES string of the molecule is CN[C@@H](C)C(=O)N[C@@H](C(=O)N1CCC[C@H]1C(=O)NNc1cccc(F)c1)C1CCCCC1.O=CO. The summed E-state index contributed by atoms with van der Waals surface area (Å²) in [6, 6.07) is 4.09. The fourth-order valence-electron chi connectivity index (χ4n) is 4.52. The molecule has 0 aromatic heterocycles. The van der Waals surface area contributed by atoms with Crippen LogP contribution in [-0.4, -0.2) is 65.9 Å². The number of halogens is 1. The van der Waals surface area contributed by atoms with E-state index in [0.29, 0.717) is 25.1 Å². The number of likely N-dealkylation sites (N-methyl/N-ethyl adjacent to an activating group) is 1. The Kier molecular flexibility index (Phi) is 11.4. The van der Waals surface area contributed by atoms with Crippen LogP contribution in [0.4, 0.5) is 10.1 Å². The molecule has 10 nitrogen and oxygen atoms in total. The van der Waals surface area contributed by atoms with Crippen LogP contribution in [0.5, 0.6) is 0 Å². The monoisotopic (exact) mass is 493 g/mol. The minimum Gasteiger partial charge on any atom is -0.483 e. The molecule has 1 aromatic rings. The van der Waals surface area contributed by atoms with Gasteiger partial charge in [-0.1, -0.05) is 25.3 Å². The zero-order chi connectivity index (χ0) is 25.8. The summed E-state index contributed by atoms with van der Waals surface area (Å²) in [7, 11) is 1.70. The number of hydrazine groups is 1. The number of anilines is 1. The van der Waals surface area contributed by atoms with Crippen molar-refractivity contribution in [2.24, 2.45) is 5.92 Å². The van der Waals surface area contributed by atoms with Gasteiger partial charge in [-0.15, -0.1) is 0 Å². The van der Waals surface area contributed by atoms with Crippen LogP contribution in [0.3, 0.4) is 0 Å². The van der Waals surface area contributed by atoms with Crippen molar-refractivity contribution in [2.45, 2.75) is 70.0 Å². The molecule has 3 atom stereocenters. The van der Waals surface area contributed by atoms with Crippen LogP contribution >= 0.6 is 0 Å². The Hall–Kier alpha value is -3.21. The average Bonchev–Trinajstić information content (AvgIpc) is 3.36. The molecular formula is C24H36FN5O5. The molecule has 1 aromatic carbocycles. The summed E-state index contributed by atoms with van der Waals surface area (Å²) >= 11 is 0. The third-order valence-corrected chi connectivity index (χ3v) is 6.50. The molecule has 1 heterocycles. The van der Waals surface area contributed by atoms with Crippen molar-refractivity contribution in [1.29, 1.82) is 0 Å². The molecule has 0 radical (unpaired) electrons. The van der Waals surface area contributed by atoms with Crippen LogP contribution in [-0.2, 0) is 19.2 Å². The van der Waals surface area contributed by atoms with Gasteiger partial charge in [0, 0.05) is 6.54 Å². The Labute approximate surface area is 205 Å². The summed E-state index contributed by atoms with van der Waals surface area (Å²) < 4.78 is 13.4. The molecule has 1 aliphatic heterocycles. The van der Waals surface area contributed by atoms with Crippen LogP contribution in [0.15, 0.2) is 24.3 Å². The molecule has 3 rings (SSSR count). The van der Waals surface area contributed by atoms with Crippen LogP contribution in [0.2, 0.25) is 0 Å². The molecule has 3 amide bonds. The lowest BCUT2D eigenvalue weighted by atomic mass is 9.83. The van der Waals surface area contributed by atoms with Gasteiger partial charge in [-0.3, -0.25) is 30.0 Å². The molecule has 1 saturated carbocycles. The van der Waals surface area contributed by atoms with Gasteiger partial charge in [0.15, 0.2) is 0 Å². The number of carbonyl (C=O) groups excluding carboxylic acids is 3. The van der Waals surface area contributed by atoms with E-state index in [1.165, 1.54) is 12.1 Å². The highest BCUT2D eigenvalue weighted by Gasteiger charge is 2.41. The van der Waals surface area contributed by atoms with E-state index in [1.807, 2.05) is 0 Å². The van der Waals surface area contributed by atoms with Crippen molar-refractivity contribution < 1.29 is 28.7 Å². The number of likely N-dealkylation sites (tertiary alicyclic amines) is 1. The molecule has 0 spiro atoms. The Morgan fingerprint density at radius 3 is 2.46 bits per heavy atom. The highest BCUT2D eigenvalue weighted by molar-refractivity contribution is 5.93. The highest BCUT2D eigenvalue weighted by atomic mass is 19.1. The van der Waals surface area contributed by atoms with Gasteiger partial charge < -0.3 is 20.6 Å². The van der Waals surface area contributed by atoms with E-state index in [1.54, 1.807) is 31.0 Å². The van der Waals surface area contributed by atoms with Crippen molar-refractivity contribution in [3.8, 4) is 0 Å². The molecule has 2 fully saturated rings. The normalized spacial score (nSPS) is 19.5. The molecule has 35 heavy (non-hydrogen) atoms. The maximum absolute atomic E-state index is 13.6. The summed E-state index contributed by atoms with van der Waals surface area (Å²) in [5, 5.41) is 12.8. The predicted molar refractivity (Wildman–Crippen MR) is 129 cm³/mol. The second kappa shape index (κ2) is 14.2. The number of amides is 3. The summed E-state index contributed by atoms with van der Waals surface area (Å²) in [4.78, 5) is 48.9. The van der Waals surface area contributed by atoms with Crippen LogP contribution < -0.4 is 21.5 Å². The second-order valence-electron chi connectivity index (χ2n) is 8.81. The Morgan fingerprint density at radius 1 is 1.14 bits per heavy atom. The number of carboxylic acid groups (broad SMARTS) is 1. The largest absolute Gasteiger partial charge is 0.483 e. The first-order chi connectivity index (χ1) is 16.8. The maximum atomic E-state index is 13.6. The first-order valence-electron chi connectivity index (χ1n) is 12.0. The summed E-state index contributed by atoms with van der Waals surface area (Å²) in [5.41, 5.74) is 5.73. The maximum Gasteiger partial charge on any atom is 0.290 e. The quantitative estimate of drug-likeness (QED) is 0.274. The van der Waals surface area contributed by atoms with E-state index < -0.39 is 23.9 Å². The zero-order valence-corrected chi connectivity index (χ0v) is 20.3. The first-order valence-corrected chi connectivity index (χ1v) is 12.0. The van der Waals surface area contributed by atoms with E-state index in [-0.39, 0.29) is 30.1 Å². The first kappa shape index (κ1) is 28.0. The lowest BCUT2D eigenvalue weighted by Gasteiger charge is -2.35. The van der Waals surface area contributed by atoms with Gasteiger partial charge in [0.1, 0.15) is 17.9 Å². The van der Waals surface area contributed by atoms with Crippen molar-refractivity contribution >= 4 is 29.9 Å². The fraction of sp³-hybridized carbons (Fsp3) is 0.583. The number of rotatable bonds is 8. The lowest BCUT2D eigenvalue weighted by molar-refractivity contribution is -0.143. The van der Waals surface area contributed by atoms with E-state index >= 15 is 0 Å². The molecule has 0 unspecified atom stereocenters. The molecule has 1 saturated heterocycles. The second-order valence-corrected chi connectivity index (χ2v) is 8.81. The topological polar surface area (TPSA) is 140 Å². The van der Waals surface area contributed by atoms with Crippen molar-refractivity contribution in [1.82, 2.24) is 21.0 Å². The molecule has 194 valence electrons. The van der Waals surface area contributed by atoms with E-state index in [0.717, 1.165) is 32.1 Å². The molecular weight excluding hydrogens is 457 g/mol. The van der Waals surface area contributed by atoms with Crippen molar-refractivity contribution in [3.63, 3.8) is 0 Å². The summed E-state index contributed by atoms with van der Waals surface area (Å²) in [6.45, 7) is 1.97. The molecule has 2 aliphatic rings. The molecule has 5 N–H and O–H groups in total. The van der Waals surface area contributed by atoms with E-state index in [2.05, 4.69) is 21.5 Å². The van der Waals surface area contributed by atoms with Gasteiger partial charge in [-0.25, -0.2) is 4.39 Å². The molecule has 0 bridgehead atoms. The number of hydrogen-bond acceptors (Lipinski definition) is 6. The molecule has 1 aliphatic carbocycles. The minimum absolute atomic E-state index is 0.0685.